The predicted molar refractivity (Wildman–Crippen MR) is 99.5 cm³/mol. The zero-order valence-corrected chi connectivity index (χ0v) is 15.9. The van der Waals surface area contributed by atoms with Gasteiger partial charge in [-0.1, -0.05) is 11.6 Å². The van der Waals surface area contributed by atoms with E-state index in [2.05, 4.69) is 4.90 Å². The predicted octanol–water partition coefficient (Wildman–Crippen LogP) is 3.21. The Balaban J connectivity index is 1.40. The fourth-order valence-electron chi connectivity index (χ4n) is 4.24. The van der Waals surface area contributed by atoms with E-state index in [1.165, 1.54) is 12.8 Å². The van der Waals surface area contributed by atoms with Crippen LogP contribution in [0.2, 0.25) is 5.02 Å². The van der Waals surface area contributed by atoms with Gasteiger partial charge in [-0.25, -0.2) is 0 Å². The molecule has 3 aliphatic rings. The van der Waals surface area contributed by atoms with Crippen LogP contribution in [0, 0.1) is 11.3 Å². The number of rotatable bonds is 4. The largest absolute Gasteiger partial charge is 0.497 e. The average Bonchev–Trinajstić information content (AvgIpc) is 3.40. The molecule has 0 bridgehead atoms. The van der Waals surface area contributed by atoms with E-state index in [0.29, 0.717) is 41.8 Å². The number of piperidine rings is 1. The smallest absolute Gasteiger partial charge is 0.255 e. The Morgan fingerprint density at radius 1 is 1.31 bits per heavy atom. The van der Waals surface area contributed by atoms with Crippen molar-refractivity contribution in [1.29, 1.82) is 0 Å². The second kappa shape index (κ2) is 6.76. The van der Waals surface area contributed by atoms with Crippen molar-refractivity contribution < 1.29 is 14.3 Å². The van der Waals surface area contributed by atoms with Crippen molar-refractivity contribution in [2.75, 3.05) is 33.3 Å². The van der Waals surface area contributed by atoms with Crippen LogP contribution in [0.3, 0.4) is 0 Å². The number of benzene rings is 1. The van der Waals surface area contributed by atoms with Crippen LogP contribution in [0.4, 0.5) is 0 Å². The van der Waals surface area contributed by atoms with Crippen molar-refractivity contribution in [3.63, 3.8) is 0 Å². The zero-order chi connectivity index (χ0) is 18.3. The molecule has 26 heavy (non-hydrogen) atoms. The summed E-state index contributed by atoms with van der Waals surface area (Å²) >= 11 is 6.23. The highest BCUT2D eigenvalue weighted by Gasteiger charge is 2.46. The third kappa shape index (κ3) is 3.41. The Bertz CT molecular complexity index is 724. The lowest BCUT2D eigenvalue weighted by molar-refractivity contribution is -0.128. The van der Waals surface area contributed by atoms with Crippen LogP contribution in [0.25, 0.3) is 0 Å². The number of amides is 2. The number of hydrogen-bond donors (Lipinski definition) is 0. The molecule has 2 heterocycles. The molecule has 0 unspecified atom stereocenters. The Labute approximate surface area is 159 Å². The molecule has 1 aliphatic carbocycles. The second-order valence-electron chi connectivity index (χ2n) is 8.03. The van der Waals surface area contributed by atoms with Crippen LogP contribution in [-0.4, -0.2) is 54.9 Å². The van der Waals surface area contributed by atoms with E-state index in [9.17, 15) is 9.59 Å². The second-order valence-corrected chi connectivity index (χ2v) is 8.44. The maximum Gasteiger partial charge on any atom is 0.255 e. The molecule has 2 saturated heterocycles. The van der Waals surface area contributed by atoms with Crippen LogP contribution in [0.1, 0.15) is 42.5 Å². The molecule has 3 fully saturated rings. The number of carbonyl (C=O) groups is 2. The lowest BCUT2D eigenvalue weighted by Gasteiger charge is -2.39. The fraction of sp³-hybridized carbons (Fsp3) is 0.600. The number of nitrogens with zero attached hydrogens (tertiary/aromatic N) is 2. The summed E-state index contributed by atoms with van der Waals surface area (Å²) < 4.78 is 5.21. The van der Waals surface area contributed by atoms with Gasteiger partial charge in [0.2, 0.25) is 5.91 Å². The lowest BCUT2D eigenvalue weighted by Crippen LogP contribution is -2.44. The van der Waals surface area contributed by atoms with E-state index >= 15 is 0 Å². The van der Waals surface area contributed by atoms with Gasteiger partial charge in [-0.05, 0) is 49.8 Å². The third-order valence-electron chi connectivity index (χ3n) is 6.10. The summed E-state index contributed by atoms with van der Waals surface area (Å²) in [5, 5.41) is 0.447. The molecular weight excluding hydrogens is 352 g/mol. The van der Waals surface area contributed by atoms with E-state index in [1.54, 1.807) is 25.3 Å². The average molecular weight is 377 g/mol. The summed E-state index contributed by atoms with van der Waals surface area (Å²) in [4.78, 5) is 29.2. The molecule has 2 aliphatic heterocycles. The maximum absolute atomic E-state index is 12.9. The minimum atomic E-state index is -0.0529. The molecule has 0 N–H and O–H groups in total. The van der Waals surface area contributed by atoms with Gasteiger partial charge in [-0.3, -0.25) is 9.59 Å². The van der Waals surface area contributed by atoms with Gasteiger partial charge in [-0.15, -0.1) is 0 Å². The van der Waals surface area contributed by atoms with Gasteiger partial charge in [0.15, 0.2) is 0 Å². The van der Waals surface area contributed by atoms with Gasteiger partial charge in [-0.2, -0.15) is 0 Å². The zero-order valence-electron chi connectivity index (χ0n) is 15.2. The van der Waals surface area contributed by atoms with Crippen molar-refractivity contribution >= 4 is 23.4 Å². The standard InChI is InChI=1S/C20H25ClN2O3/c1-26-15-4-5-17(21)16(10-15)19(25)22-8-6-20(7-9-22)11-18(24)23(13-20)12-14-2-3-14/h4-5,10,14H,2-3,6-9,11-13H2,1H3. The quantitative estimate of drug-likeness (QED) is 0.810. The number of hydrogen-bond acceptors (Lipinski definition) is 3. The minimum Gasteiger partial charge on any atom is -0.497 e. The van der Waals surface area contributed by atoms with Crippen molar-refractivity contribution in [3.8, 4) is 5.75 Å². The Kier molecular flexibility index (Phi) is 4.59. The summed E-state index contributed by atoms with van der Waals surface area (Å²) in [5.74, 6) is 1.60. The van der Waals surface area contributed by atoms with Crippen LogP contribution in [0.5, 0.6) is 5.75 Å². The SMILES string of the molecule is COc1ccc(Cl)c(C(=O)N2CCC3(CC2)CC(=O)N(CC2CC2)C3)c1. The number of ether oxygens (including phenoxy) is 1. The fourth-order valence-corrected chi connectivity index (χ4v) is 4.44. The molecular formula is C20H25ClN2O3. The molecule has 0 aromatic heterocycles. The first-order valence-electron chi connectivity index (χ1n) is 9.40. The first-order chi connectivity index (χ1) is 12.5. The van der Waals surface area contributed by atoms with Crippen LogP contribution >= 0.6 is 11.6 Å². The van der Waals surface area contributed by atoms with Crippen LogP contribution in [0.15, 0.2) is 18.2 Å². The highest BCUT2D eigenvalue weighted by molar-refractivity contribution is 6.33. The summed E-state index contributed by atoms with van der Waals surface area (Å²) in [7, 11) is 1.58. The Morgan fingerprint density at radius 3 is 2.69 bits per heavy atom. The summed E-state index contributed by atoms with van der Waals surface area (Å²) in [6, 6.07) is 5.15. The first-order valence-corrected chi connectivity index (χ1v) is 9.78. The van der Waals surface area contributed by atoms with Crippen molar-refractivity contribution in [2.24, 2.45) is 11.3 Å². The molecule has 0 radical (unpaired) electrons. The first kappa shape index (κ1) is 17.7. The van der Waals surface area contributed by atoms with Crippen molar-refractivity contribution in [3.05, 3.63) is 28.8 Å². The van der Waals surface area contributed by atoms with Crippen molar-refractivity contribution in [2.45, 2.75) is 32.1 Å². The molecule has 1 aromatic rings. The van der Waals surface area contributed by atoms with Gasteiger partial charge >= 0.3 is 0 Å². The van der Waals surface area contributed by atoms with Crippen molar-refractivity contribution in [1.82, 2.24) is 9.80 Å². The molecule has 1 aromatic carbocycles. The summed E-state index contributed by atoms with van der Waals surface area (Å²) in [5.41, 5.74) is 0.542. The molecule has 1 saturated carbocycles. The maximum atomic E-state index is 12.9. The highest BCUT2D eigenvalue weighted by Crippen LogP contribution is 2.43. The van der Waals surface area contributed by atoms with E-state index in [4.69, 9.17) is 16.3 Å². The normalized spacial score (nSPS) is 22.2. The molecule has 2 amide bonds. The Morgan fingerprint density at radius 2 is 2.04 bits per heavy atom. The van der Waals surface area contributed by atoms with E-state index < -0.39 is 0 Å². The molecule has 1 spiro atoms. The molecule has 140 valence electrons. The number of halogens is 1. The summed E-state index contributed by atoms with van der Waals surface area (Å²) in [6.45, 7) is 3.15. The monoisotopic (exact) mass is 376 g/mol. The number of methoxy groups -OCH3 is 1. The Hall–Kier alpha value is -1.75. The van der Waals surface area contributed by atoms with Gasteiger partial charge in [0, 0.05) is 38.0 Å². The van der Waals surface area contributed by atoms with E-state index in [-0.39, 0.29) is 11.3 Å². The number of likely N-dealkylation sites (tertiary alicyclic amines) is 2. The van der Waals surface area contributed by atoms with Crippen LogP contribution in [-0.2, 0) is 4.79 Å². The third-order valence-corrected chi connectivity index (χ3v) is 6.43. The molecule has 4 rings (SSSR count). The lowest BCUT2D eigenvalue weighted by atomic mass is 9.77. The molecule has 6 heteroatoms. The van der Waals surface area contributed by atoms with Crippen LogP contribution < -0.4 is 4.74 Å². The topological polar surface area (TPSA) is 49.9 Å². The van der Waals surface area contributed by atoms with E-state index in [1.807, 2.05) is 4.90 Å². The van der Waals surface area contributed by atoms with Gasteiger partial charge in [0.25, 0.3) is 5.91 Å². The van der Waals surface area contributed by atoms with Gasteiger partial charge in [0.05, 0.1) is 17.7 Å². The minimum absolute atomic E-state index is 0.0529. The number of carbonyl (C=O) groups excluding carboxylic acids is 2. The van der Waals surface area contributed by atoms with Gasteiger partial charge in [0.1, 0.15) is 5.75 Å². The van der Waals surface area contributed by atoms with E-state index in [0.717, 1.165) is 31.8 Å². The van der Waals surface area contributed by atoms with Gasteiger partial charge < -0.3 is 14.5 Å². The summed E-state index contributed by atoms with van der Waals surface area (Å²) in [6.07, 6.45) is 4.93. The highest BCUT2D eigenvalue weighted by atomic mass is 35.5. The molecule has 0 atom stereocenters. The molecule has 5 nitrogen and oxygen atoms in total.